The Morgan fingerprint density at radius 3 is 1.68 bits per heavy atom. The molecule has 126 valence electrons. The number of rotatable bonds is 5. The minimum Gasteiger partial charge on any atom is -0.508 e. The van der Waals surface area contributed by atoms with Gasteiger partial charge in [-0.25, -0.2) is 0 Å². The first-order valence-corrected chi connectivity index (χ1v) is 8.07. The molecule has 0 bridgehead atoms. The summed E-state index contributed by atoms with van der Waals surface area (Å²) >= 11 is 0. The van der Waals surface area contributed by atoms with E-state index < -0.39 is 5.41 Å². The van der Waals surface area contributed by atoms with Crippen molar-refractivity contribution in [1.82, 2.24) is 0 Å². The molecular weight excluding hydrogens is 312 g/mol. The van der Waals surface area contributed by atoms with E-state index in [1.165, 1.54) is 0 Å². The molecule has 1 N–H and O–H groups in total. The van der Waals surface area contributed by atoms with Gasteiger partial charge in [-0.1, -0.05) is 48.5 Å². The minimum absolute atomic E-state index is 0.233. The summed E-state index contributed by atoms with van der Waals surface area (Å²) < 4.78 is 5.27. The Kier molecular flexibility index (Phi) is 4.57. The van der Waals surface area contributed by atoms with Gasteiger partial charge < -0.3 is 9.84 Å². The van der Waals surface area contributed by atoms with Crippen LogP contribution in [0.25, 0.3) is 0 Å². The number of hydrogen-bond donors (Lipinski definition) is 1. The molecule has 1 atom stereocenters. The number of aldehydes is 1. The third kappa shape index (κ3) is 3.13. The van der Waals surface area contributed by atoms with Crippen molar-refractivity contribution in [2.75, 3.05) is 7.11 Å². The fraction of sp³-hybridized carbons (Fsp3) is 0.136. The van der Waals surface area contributed by atoms with E-state index in [1.807, 2.05) is 60.7 Å². The van der Waals surface area contributed by atoms with Gasteiger partial charge in [0.1, 0.15) is 17.8 Å². The van der Waals surface area contributed by atoms with Crippen molar-refractivity contribution >= 4 is 6.29 Å². The summed E-state index contributed by atoms with van der Waals surface area (Å²) in [4.78, 5) is 11.0. The van der Waals surface area contributed by atoms with Gasteiger partial charge in [-0.05, 0) is 47.9 Å². The van der Waals surface area contributed by atoms with Crippen molar-refractivity contribution in [3.05, 3.63) is 95.1 Å². The predicted octanol–water partition coefficient (Wildman–Crippen LogP) is 4.57. The zero-order valence-corrected chi connectivity index (χ0v) is 14.3. The van der Waals surface area contributed by atoms with Crippen LogP contribution in [0, 0.1) is 0 Å². The number of hydrogen-bond acceptors (Lipinski definition) is 3. The third-order valence-corrected chi connectivity index (χ3v) is 4.74. The number of benzene rings is 3. The smallest absolute Gasteiger partial charge is 0.150 e. The number of aromatic hydroxyl groups is 1. The lowest BCUT2D eigenvalue weighted by molar-refractivity contribution is 0.112. The van der Waals surface area contributed by atoms with E-state index in [4.69, 9.17) is 4.74 Å². The van der Waals surface area contributed by atoms with E-state index in [1.54, 1.807) is 19.2 Å². The molecule has 0 aliphatic heterocycles. The van der Waals surface area contributed by atoms with Gasteiger partial charge in [-0.3, -0.25) is 4.79 Å². The van der Waals surface area contributed by atoms with Gasteiger partial charge in [-0.2, -0.15) is 0 Å². The molecule has 0 radical (unpaired) electrons. The van der Waals surface area contributed by atoms with E-state index in [0.29, 0.717) is 5.56 Å². The summed E-state index contributed by atoms with van der Waals surface area (Å²) in [5.74, 6) is 1.03. The molecule has 0 saturated carbocycles. The largest absolute Gasteiger partial charge is 0.508 e. The standard InChI is InChI=1S/C22H20O3/c1-22(18-7-11-20(24)12-8-18,17-5-3-16(15-23)4-6-17)19-9-13-21(25-2)14-10-19/h3-15,24H,1-2H3. The maximum atomic E-state index is 11.0. The quantitative estimate of drug-likeness (QED) is 0.550. The second kappa shape index (κ2) is 6.81. The van der Waals surface area contributed by atoms with Crippen LogP contribution in [0.15, 0.2) is 72.8 Å². The molecule has 3 aromatic rings. The molecule has 0 aliphatic carbocycles. The number of phenolic OH excluding ortho intramolecular Hbond substituents is 1. The lowest BCUT2D eigenvalue weighted by atomic mass is 9.71. The Balaban J connectivity index is 2.18. The predicted molar refractivity (Wildman–Crippen MR) is 98.5 cm³/mol. The summed E-state index contributed by atoms with van der Waals surface area (Å²) in [5.41, 5.74) is 3.43. The minimum atomic E-state index is -0.429. The Morgan fingerprint density at radius 2 is 1.24 bits per heavy atom. The van der Waals surface area contributed by atoms with Gasteiger partial charge in [0.2, 0.25) is 0 Å². The number of carbonyl (C=O) groups is 1. The van der Waals surface area contributed by atoms with Gasteiger partial charge in [0.25, 0.3) is 0 Å². The van der Waals surface area contributed by atoms with E-state index in [2.05, 4.69) is 6.92 Å². The Bertz CT molecular complexity index is 849. The van der Waals surface area contributed by atoms with Crippen LogP contribution >= 0.6 is 0 Å². The lowest BCUT2D eigenvalue weighted by Crippen LogP contribution is -2.25. The highest BCUT2D eigenvalue weighted by molar-refractivity contribution is 5.75. The number of phenols is 1. The summed E-state index contributed by atoms with van der Waals surface area (Å²) in [6, 6.07) is 22.8. The first kappa shape index (κ1) is 16.8. The number of methoxy groups -OCH3 is 1. The van der Waals surface area contributed by atoms with Crippen LogP contribution in [0.1, 0.15) is 34.0 Å². The van der Waals surface area contributed by atoms with Crippen LogP contribution in [0.5, 0.6) is 11.5 Å². The molecule has 0 spiro atoms. The summed E-state index contributed by atoms with van der Waals surface area (Å²) in [7, 11) is 1.65. The van der Waals surface area contributed by atoms with Crippen LogP contribution in [-0.4, -0.2) is 18.5 Å². The zero-order chi connectivity index (χ0) is 17.9. The fourth-order valence-electron chi connectivity index (χ4n) is 3.11. The molecule has 1 unspecified atom stereocenters. The Labute approximate surface area is 147 Å². The average Bonchev–Trinajstić information content (AvgIpc) is 2.68. The van der Waals surface area contributed by atoms with E-state index in [-0.39, 0.29) is 5.75 Å². The molecule has 3 heteroatoms. The van der Waals surface area contributed by atoms with Gasteiger partial charge in [0.05, 0.1) is 7.11 Å². The van der Waals surface area contributed by atoms with Crippen molar-refractivity contribution in [1.29, 1.82) is 0 Å². The topological polar surface area (TPSA) is 46.5 Å². The number of ether oxygens (including phenoxy) is 1. The first-order valence-electron chi connectivity index (χ1n) is 8.07. The Hall–Kier alpha value is -3.07. The van der Waals surface area contributed by atoms with Gasteiger partial charge >= 0.3 is 0 Å². The molecule has 25 heavy (non-hydrogen) atoms. The van der Waals surface area contributed by atoms with E-state index in [0.717, 1.165) is 28.7 Å². The van der Waals surface area contributed by atoms with Crippen LogP contribution < -0.4 is 4.74 Å². The van der Waals surface area contributed by atoms with Gasteiger partial charge in [0, 0.05) is 11.0 Å². The highest BCUT2D eigenvalue weighted by atomic mass is 16.5. The van der Waals surface area contributed by atoms with Crippen molar-refractivity contribution in [3.8, 4) is 11.5 Å². The SMILES string of the molecule is COc1ccc(C(C)(c2ccc(O)cc2)c2ccc(C=O)cc2)cc1. The van der Waals surface area contributed by atoms with Crippen LogP contribution in [-0.2, 0) is 5.41 Å². The molecule has 0 saturated heterocycles. The monoisotopic (exact) mass is 332 g/mol. The second-order valence-corrected chi connectivity index (χ2v) is 6.14. The normalized spacial score (nSPS) is 13.0. The Morgan fingerprint density at radius 1 is 0.800 bits per heavy atom. The third-order valence-electron chi connectivity index (χ3n) is 4.74. The first-order chi connectivity index (χ1) is 12.1. The number of carbonyl (C=O) groups excluding carboxylic acids is 1. The van der Waals surface area contributed by atoms with Crippen molar-refractivity contribution in [3.63, 3.8) is 0 Å². The highest BCUT2D eigenvalue weighted by Gasteiger charge is 2.31. The average molecular weight is 332 g/mol. The molecule has 0 heterocycles. The van der Waals surface area contributed by atoms with Crippen LogP contribution in [0.3, 0.4) is 0 Å². The molecule has 0 aliphatic rings. The summed E-state index contributed by atoms with van der Waals surface area (Å²) in [5, 5.41) is 9.64. The maximum Gasteiger partial charge on any atom is 0.150 e. The fourth-order valence-corrected chi connectivity index (χ4v) is 3.11. The highest BCUT2D eigenvalue weighted by Crippen LogP contribution is 2.39. The lowest BCUT2D eigenvalue weighted by Gasteiger charge is -2.32. The molecule has 3 rings (SSSR count). The molecule has 0 aromatic heterocycles. The molecular formula is C22H20O3. The van der Waals surface area contributed by atoms with Crippen molar-refractivity contribution < 1.29 is 14.6 Å². The van der Waals surface area contributed by atoms with Gasteiger partial charge in [0.15, 0.2) is 0 Å². The van der Waals surface area contributed by atoms with Crippen molar-refractivity contribution in [2.45, 2.75) is 12.3 Å². The molecule has 3 nitrogen and oxygen atoms in total. The summed E-state index contributed by atoms with van der Waals surface area (Å²) in [6.45, 7) is 2.14. The molecule has 3 aromatic carbocycles. The van der Waals surface area contributed by atoms with E-state index in [9.17, 15) is 9.90 Å². The summed E-state index contributed by atoms with van der Waals surface area (Å²) in [6.07, 6.45) is 0.842. The molecule has 0 fully saturated rings. The van der Waals surface area contributed by atoms with Crippen molar-refractivity contribution in [2.24, 2.45) is 0 Å². The van der Waals surface area contributed by atoms with Gasteiger partial charge in [-0.15, -0.1) is 0 Å². The van der Waals surface area contributed by atoms with E-state index >= 15 is 0 Å². The maximum absolute atomic E-state index is 11.0. The van der Waals surface area contributed by atoms with Crippen LogP contribution in [0.2, 0.25) is 0 Å². The molecule has 0 amide bonds. The second-order valence-electron chi connectivity index (χ2n) is 6.14. The van der Waals surface area contributed by atoms with Crippen LogP contribution in [0.4, 0.5) is 0 Å². The zero-order valence-electron chi connectivity index (χ0n) is 14.3.